The van der Waals surface area contributed by atoms with E-state index in [2.05, 4.69) is 50.8 Å². The summed E-state index contributed by atoms with van der Waals surface area (Å²) in [5, 5.41) is 0. The van der Waals surface area contributed by atoms with Crippen molar-refractivity contribution < 1.29 is 14.3 Å². The normalized spacial score (nSPS) is 16.7. The van der Waals surface area contributed by atoms with Gasteiger partial charge in [0, 0.05) is 36.5 Å². The zero-order valence-electron chi connectivity index (χ0n) is 23.8. The molecule has 1 aliphatic rings. The number of benzene rings is 1. The summed E-state index contributed by atoms with van der Waals surface area (Å²) in [6.07, 6.45) is -0.150. The number of carbonyl (C=O) groups excluding carboxylic acids is 1. The summed E-state index contributed by atoms with van der Waals surface area (Å²) in [6, 6.07) is 6.38. The van der Waals surface area contributed by atoms with Gasteiger partial charge in [0.05, 0.1) is 18.8 Å². The van der Waals surface area contributed by atoms with E-state index in [1.807, 2.05) is 46.4 Å². The van der Waals surface area contributed by atoms with Crippen molar-refractivity contribution >= 4 is 11.9 Å². The van der Waals surface area contributed by atoms with Crippen LogP contribution in [0.2, 0.25) is 0 Å². The van der Waals surface area contributed by atoms with Gasteiger partial charge >= 0.3 is 6.09 Å². The van der Waals surface area contributed by atoms with Crippen LogP contribution in [-0.2, 0) is 16.1 Å². The standard InChI is InChI=1S/C29H44N4O3/c1-18(2)25-16-32(13-14-33(25)28(34)36-29(8,9)10)27-24(17-35-19(3)4)22(7)30-26(31-27)23-15-20(5)11-12-21(23)6/h11-12,15,18-19,25H,13-14,16-17H2,1-10H3/t25-/m1/s1. The van der Waals surface area contributed by atoms with Crippen LogP contribution in [0.25, 0.3) is 11.4 Å². The number of piperazine rings is 1. The first kappa shape index (κ1) is 27.9. The van der Waals surface area contributed by atoms with Crippen LogP contribution < -0.4 is 4.90 Å². The van der Waals surface area contributed by atoms with Gasteiger partial charge in [-0.05, 0) is 72.9 Å². The molecule has 0 spiro atoms. The van der Waals surface area contributed by atoms with Gasteiger partial charge in [-0.15, -0.1) is 0 Å². The van der Waals surface area contributed by atoms with Crippen molar-refractivity contribution in [1.82, 2.24) is 14.9 Å². The third-order valence-electron chi connectivity index (χ3n) is 6.50. The van der Waals surface area contributed by atoms with Gasteiger partial charge < -0.3 is 19.3 Å². The molecule has 1 aliphatic heterocycles. The van der Waals surface area contributed by atoms with Crippen LogP contribution in [-0.4, -0.2) is 58.3 Å². The Labute approximate surface area is 217 Å². The first-order valence-electron chi connectivity index (χ1n) is 13.1. The summed E-state index contributed by atoms with van der Waals surface area (Å²) in [7, 11) is 0. The maximum Gasteiger partial charge on any atom is 0.410 e. The number of aromatic nitrogens is 2. The number of hydrogen-bond acceptors (Lipinski definition) is 6. The Bertz CT molecular complexity index is 1070. The molecule has 1 aromatic heterocycles. The lowest BCUT2D eigenvalue weighted by atomic mass is 9.99. The van der Waals surface area contributed by atoms with Gasteiger partial charge in [0.2, 0.25) is 0 Å². The number of aryl methyl sites for hydroxylation is 3. The lowest BCUT2D eigenvalue weighted by molar-refractivity contribution is 0.00868. The van der Waals surface area contributed by atoms with E-state index in [4.69, 9.17) is 19.4 Å². The summed E-state index contributed by atoms with van der Waals surface area (Å²) in [4.78, 5) is 27.2. The Balaban J connectivity index is 2.02. The number of ether oxygens (including phenoxy) is 2. The molecular weight excluding hydrogens is 452 g/mol. The molecule has 7 heteroatoms. The van der Waals surface area contributed by atoms with E-state index in [0.717, 1.165) is 34.0 Å². The fraction of sp³-hybridized carbons (Fsp3) is 0.621. The number of anilines is 1. The number of carbonyl (C=O) groups is 1. The van der Waals surface area contributed by atoms with Crippen LogP contribution in [0.15, 0.2) is 18.2 Å². The van der Waals surface area contributed by atoms with E-state index >= 15 is 0 Å². The molecule has 0 unspecified atom stereocenters. The second kappa shape index (κ2) is 11.2. The third kappa shape index (κ3) is 6.75. The van der Waals surface area contributed by atoms with E-state index in [0.29, 0.717) is 26.2 Å². The maximum absolute atomic E-state index is 13.0. The van der Waals surface area contributed by atoms with E-state index in [1.54, 1.807) is 0 Å². The largest absolute Gasteiger partial charge is 0.444 e. The summed E-state index contributed by atoms with van der Waals surface area (Å²) in [5.74, 6) is 1.89. The smallest absolute Gasteiger partial charge is 0.410 e. The van der Waals surface area contributed by atoms with Crippen molar-refractivity contribution in [3.8, 4) is 11.4 Å². The predicted octanol–water partition coefficient (Wildman–Crippen LogP) is 6.08. The van der Waals surface area contributed by atoms with Crippen molar-refractivity contribution in [1.29, 1.82) is 0 Å². The molecule has 7 nitrogen and oxygen atoms in total. The molecule has 1 saturated heterocycles. The Kier molecular flexibility index (Phi) is 8.65. The van der Waals surface area contributed by atoms with Crippen molar-refractivity contribution in [2.24, 2.45) is 5.92 Å². The van der Waals surface area contributed by atoms with E-state index in [-0.39, 0.29) is 24.2 Å². The molecule has 1 aromatic carbocycles. The first-order valence-corrected chi connectivity index (χ1v) is 13.1. The first-order chi connectivity index (χ1) is 16.8. The van der Waals surface area contributed by atoms with E-state index in [1.165, 1.54) is 5.56 Å². The minimum absolute atomic E-state index is 0.00638. The van der Waals surface area contributed by atoms with Gasteiger partial charge in [0.1, 0.15) is 11.4 Å². The van der Waals surface area contributed by atoms with Crippen molar-refractivity contribution in [3.63, 3.8) is 0 Å². The minimum Gasteiger partial charge on any atom is -0.444 e. The third-order valence-corrected chi connectivity index (χ3v) is 6.50. The molecule has 2 aromatic rings. The molecule has 1 amide bonds. The number of amides is 1. The zero-order valence-corrected chi connectivity index (χ0v) is 23.8. The second-order valence-corrected chi connectivity index (χ2v) is 11.5. The maximum atomic E-state index is 13.0. The molecule has 0 bridgehead atoms. The minimum atomic E-state index is -0.526. The fourth-order valence-electron chi connectivity index (χ4n) is 4.48. The van der Waals surface area contributed by atoms with Crippen molar-refractivity contribution in [3.05, 3.63) is 40.6 Å². The van der Waals surface area contributed by atoms with E-state index in [9.17, 15) is 4.79 Å². The average molecular weight is 497 g/mol. The zero-order chi connectivity index (χ0) is 26.8. The van der Waals surface area contributed by atoms with Gasteiger partial charge in [0.15, 0.2) is 5.82 Å². The Morgan fingerprint density at radius 2 is 1.78 bits per heavy atom. The van der Waals surface area contributed by atoms with Gasteiger partial charge in [0.25, 0.3) is 0 Å². The lowest BCUT2D eigenvalue weighted by Gasteiger charge is -2.44. The molecule has 1 fully saturated rings. The van der Waals surface area contributed by atoms with E-state index < -0.39 is 5.60 Å². The molecule has 0 N–H and O–H groups in total. The van der Waals surface area contributed by atoms with Crippen LogP contribution in [0, 0.1) is 26.7 Å². The van der Waals surface area contributed by atoms with Crippen LogP contribution >= 0.6 is 0 Å². The molecule has 36 heavy (non-hydrogen) atoms. The second-order valence-electron chi connectivity index (χ2n) is 11.5. The van der Waals surface area contributed by atoms with Crippen LogP contribution in [0.3, 0.4) is 0 Å². The molecule has 3 rings (SSSR count). The number of hydrogen-bond donors (Lipinski definition) is 0. The predicted molar refractivity (Wildman–Crippen MR) is 145 cm³/mol. The number of rotatable bonds is 6. The average Bonchev–Trinajstić information content (AvgIpc) is 2.77. The van der Waals surface area contributed by atoms with Crippen molar-refractivity contribution in [2.75, 3.05) is 24.5 Å². The molecule has 0 aliphatic carbocycles. The summed E-state index contributed by atoms with van der Waals surface area (Å²) in [6.45, 7) is 22.7. The fourth-order valence-corrected chi connectivity index (χ4v) is 4.48. The van der Waals surface area contributed by atoms with Crippen LogP contribution in [0.1, 0.15) is 70.9 Å². The Morgan fingerprint density at radius 1 is 1.08 bits per heavy atom. The molecule has 0 radical (unpaired) electrons. The topological polar surface area (TPSA) is 67.8 Å². The molecular formula is C29H44N4O3. The highest BCUT2D eigenvalue weighted by molar-refractivity contribution is 5.70. The Hall–Kier alpha value is -2.67. The van der Waals surface area contributed by atoms with Crippen LogP contribution in [0.5, 0.6) is 0 Å². The van der Waals surface area contributed by atoms with Gasteiger partial charge in [-0.1, -0.05) is 31.5 Å². The lowest BCUT2D eigenvalue weighted by Crippen LogP contribution is -2.58. The molecule has 198 valence electrons. The highest BCUT2D eigenvalue weighted by Gasteiger charge is 2.36. The van der Waals surface area contributed by atoms with Crippen molar-refractivity contribution in [2.45, 2.75) is 93.6 Å². The summed E-state index contributed by atoms with van der Waals surface area (Å²) in [5.41, 5.74) is 4.77. The highest BCUT2D eigenvalue weighted by Crippen LogP contribution is 2.31. The number of nitrogens with zero attached hydrogens (tertiary/aromatic N) is 4. The van der Waals surface area contributed by atoms with Gasteiger partial charge in [-0.2, -0.15) is 0 Å². The highest BCUT2D eigenvalue weighted by atomic mass is 16.6. The quantitative estimate of drug-likeness (QED) is 0.483. The molecule has 1 atom stereocenters. The van der Waals surface area contributed by atoms with Crippen LogP contribution in [0.4, 0.5) is 10.6 Å². The Morgan fingerprint density at radius 3 is 2.39 bits per heavy atom. The summed E-state index contributed by atoms with van der Waals surface area (Å²) < 4.78 is 11.8. The molecule has 2 heterocycles. The SMILES string of the molecule is Cc1ccc(C)c(-c2nc(C)c(COC(C)C)c(N3CCN(C(=O)OC(C)(C)C)[C@@H](C(C)C)C3)n2)c1. The summed E-state index contributed by atoms with van der Waals surface area (Å²) >= 11 is 0. The monoisotopic (exact) mass is 496 g/mol. The molecule has 0 saturated carbocycles. The van der Waals surface area contributed by atoms with Gasteiger partial charge in [-0.3, -0.25) is 0 Å². The van der Waals surface area contributed by atoms with Gasteiger partial charge in [-0.25, -0.2) is 14.8 Å².